The highest BCUT2D eigenvalue weighted by atomic mass is 32.1. The molecule has 31 heavy (non-hydrogen) atoms. The lowest BCUT2D eigenvalue weighted by Gasteiger charge is -2.20. The van der Waals surface area contributed by atoms with Crippen molar-refractivity contribution in [1.29, 1.82) is 0 Å². The van der Waals surface area contributed by atoms with Gasteiger partial charge >= 0.3 is 0 Å². The molecule has 0 saturated heterocycles. The molecular formula is C23H29N5O2S. The maximum atomic E-state index is 12.7. The quantitative estimate of drug-likeness (QED) is 0.470. The van der Waals surface area contributed by atoms with E-state index in [1.165, 1.54) is 5.56 Å². The second-order valence-corrected chi connectivity index (χ2v) is 7.56. The summed E-state index contributed by atoms with van der Waals surface area (Å²) in [5.41, 5.74) is 3.20. The van der Waals surface area contributed by atoms with Crippen LogP contribution < -0.4 is 10.1 Å². The summed E-state index contributed by atoms with van der Waals surface area (Å²) in [7, 11) is 1.62. The molecular weight excluding hydrogens is 410 g/mol. The average Bonchev–Trinajstić information content (AvgIpc) is 3.16. The van der Waals surface area contributed by atoms with E-state index in [1.807, 2.05) is 36.4 Å². The Morgan fingerprint density at radius 1 is 1.13 bits per heavy atom. The van der Waals surface area contributed by atoms with Gasteiger partial charge in [0.1, 0.15) is 12.3 Å². The molecule has 0 fully saturated rings. The summed E-state index contributed by atoms with van der Waals surface area (Å²) in [6, 6.07) is 15.7. The van der Waals surface area contributed by atoms with E-state index in [4.69, 9.17) is 17.0 Å². The van der Waals surface area contributed by atoms with Crippen LogP contribution in [0.2, 0.25) is 0 Å². The Labute approximate surface area is 188 Å². The first-order chi connectivity index (χ1) is 15.0. The Morgan fingerprint density at radius 3 is 2.45 bits per heavy atom. The number of methoxy groups -OCH3 is 1. The molecule has 0 unspecified atom stereocenters. The molecule has 1 aromatic heterocycles. The summed E-state index contributed by atoms with van der Waals surface area (Å²) in [5.74, 6) is 1.25. The van der Waals surface area contributed by atoms with Crippen LogP contribution in [0.5, 0.6) is 5.75 Å². The topological polar surface area (TPSA) is 75.2 Å². The Morgan fingerprint density at radius 2 is 1.81 bits per heavy atom. The molecule has 0 aliphatic rings. The molecule has 0 saturated carbocycles. The van der Waals surface area contributed by atoms with Crippen molar-refractivity contribution in [3.8, 4) is 17.1 Å². The number of ether oxygens (including phenoxy) is 1. The molecule has 0 radical (unpaired) electrons. The fourth-order valence-electron chi connectivity index (χ4n) is 3.39. The van der Waals surface area contributed by atoms with Crippen LogP contribution in [0.3, 0.4) is 0 Å². The standard InChI is InChI=1S/C23H29N5O2S/c1-4-27(5-2)15-19-9-7-6-8-18(19)14-24-21(29)16-28-22(25-26-23(28)31)17-10-12-20(30-3)13-11-17/h6-13H,4-5,14-16H2,1-3H3,(H,24,29)(H,26,31). The Bertz CT molecular complexity index is 1050. The first-order valence-corrected chi connectivity index (χ1v) is 10.8. The number of rotatable bonds is 10. The van der Waals surface area contributed by atoms with Crippen molar-refractivity contribution < 1.29 is 9.53 Å². The largest absolute Gasteiger partial charge is 0.497 e. The number of hydrogen-bond acceptors (Lipinski definition) is 5. The van der Waals surface area contributed by atoms with Crippen molar-refractivity contribution >= 4 is 18.1 Å². The normalized spacial score (nSPS) is 11.0. The third-order valence-electron chi connectivity index (χ3n) is 5.29. The third-order valence-corrected chi connectivity index (χ3v) is 5.60. The lowest BCUT2D eigenvalue weighted by molar-refractivity contribution is -0.121. The second-order valence-electron chi connectivity index (χ2n) is 7.17. The number of carbonyl (C=O) groups is 1. The third kappa shape index (κ3) is 5.80. The molecule has 1 amide bonds. The maximum absolute atomic E-state index is 12.7. The number of nitrogens with zero attached hydrogens (tertiary/aromatic N) is 3. The van der Waals surface area contributed by atoms with Crippen LogP contribution in [0, 0.1) is 4.77 Å². The van der Waals surface area contributed by atoms with Crippen molar-refractivity contribution in [1.82, 2.24) is 25.0 Å². The SMILES string of the molecule is CCN(CC)Cc1ccccc1CNC(=O)Cn1c(-c2ccc(OC)cc2)n[nH]c1=S. The lowest BCUT2D eigenvalue weighted by atomic mass is 10.1. The zero-order valence-corrected chi connectivity index (χ0v) is 19.0. The van der Waals surface area contributed by atoms with Gasteiger partial charge in [-0.25, -0.2) is 0 Å². The molecule has 7 nitrogen and oxygen atoms in total. The minimum atomic E-state index is -0.120. The highest BCUT2D eigenvalue weighted by Gasteiger charge is 2.13. The molecule has 0 atom stereocenters. The summed E-state index contributed by atoms with van der Waals surface area (Å²) in [5, 5.41) is 10.1. The van der Waals surface area contributed by atoms with Gasteiger partial charge in [-0.3, -0.25) is 19.4 Å². The van der Waals surface area contributed by atoms with Crippen molar-refractivity contribution in [2.24, 2.45) is 0 Å². The van der Waals surface area contributed by atoms with Gasteiger partial charge in [-0.05, 0) is 60.7 Å². The number of carbonyl (C=O) groups excluding carboxylic acids is 1. The lowest BCUT2D eigenvalue weighted by Crippen LogP contribution is -2.29. The van der Waals surface area contributed by atoms with Crippen LogP contribution in [-0.4, -0.2) is 45.8 Å². The zero-order chi connectivity index (χ0) is 22.2. The predicted molar refractivity (Wildman–Crippen MR) is 124 cm³/mol. The molecule has 1 heterocycles. The Hall–Kier alpha value is -2.97. The number of amides is 1. The smallest absolute Gasteiger partial charge is 0.240 e. The highest BCUT2D eigenvalue weighted by molar-refractivity contribution is 7.71. The molecule has 0 bridgehead atoms. The van der Waals surface area contributed by atoms with Crippen LogP contribution >= 0.6 is 12.2 Å². The summed E-state index contributed by atoms with van der Waals surface area (Å²) >= 11 is 5.35. The molecule has 8 heteroatoms. The van der Waals surface area contributed by atoms with E-state index in [1.54, 1.807) is 11.7 Å². The van der Waals surface area contributed by atoms with E-state index in [9.17, 15) is 4.79 Å². The molecule has 164 valence electrons. The Balaban J connectivity index is 1.69. The van der Waals surface area contributed by atoms with Gasteiger partial charge in [0.05, 0.1) is 7.11 Å². The Kier molecular flexibility index (Phi) is 7.97. The summed E-state index contributed by atoms with van der Waals surface area (Å²) in [6.07, 6.45) is 0. The van der Waals surface area contributed by atoms with E-state index in [0.29, 0.717) is 17.1 Å². The maximum Gasteiger partial charge on any atom is 0.240 e. The first kappa shape index (κ1) is 22.7. The molecule has 0 spiro atoms. The van der Waals surface area contributed by atoms with Gasteiger partial charge in [0.25, 0.3) is 0 Å². The highest BCUT2D eigenvalue weighted by Crippen LogP contribution is 2.21. The molecule has 0 aliphatic carbocycles. The molecule has 2 aromatic carbocycles. The number of benzene rings is 2. The van der Waals surface area contributed by atoms with Gasteiger partial charge in [-0.1, -0.05) is 38.1 Å². The van der Waals surface area contributed by atoms with Crippen molar-refractivity contribution in [3.05, 3.63) is 64.4 Å². The van der Waals surface area contributed by atoms with Gasteiger partial charge in [-0.15, -0.1) is 0 Å². The fourth-order valence-corrected chi connectivity index (χ4v) is 3.59. The summed E-state index contributed by atoms with van der Waals surface area (Å²) in [6.45, 7) is 7.72. The zero-order valence-electron chi connectivity index (χ0n) is 18.2. The number of hydrogen-bond donors (Lipinski definition) is 2. The average molecular weight is 440 g/mol. The first-order valence-electron chi connectivity index (χ1n) is 10.4. The van der Waals surface area contributed by atoms with E-state index in [0.717, 1.165) is 36.5 Å². The monoisotopic (exact) mass is 439 g/mol. The van der Waals surface area contributed by atoms with E-state index in [2.05, 4.69) is 46.4 Å². The van der Waals surface area contributed by atoms with E-state index in [-0.39, 0.29) is 12.5 Å². The predicted octanol–water partition coefficient (Wildman–Crippen LogP) is 3.77. The van der Waals surface area contributed by atoms with Crippen molar-refractivity contribution in [2.45, 2.75) is 33.5 Å². The summed E-state index contributed by atoms with van der Waals surface area (Å²) in [4.78, 5) is 15.1. The van der Waals surface area contributed by atoms with Gasteiger partial charge in [0, 0.05) is 18.7 Å². The number of aromatic nitrogens is 3. The van der Waals surface area contributed by atoms with Gasteiger partial charge in [0.2, 0.25) is 5.91 Å². The van der Waals surface area contributed by atoms with E-state index >= 15 is 0 Å². The molecule has 3 aromatic rings. The number of nitrogens with one attached hydrogen (secondary N) is 2. The van der Waals surface area contributed by atoms with E-state index < -0.39 is 0 Å². The van der Waals surface area contributed by atoms with Crippen molar-refractivity contribution in [2.75, 3.05) is 20.2 Å². The number of aromatic amines is 1. The minimum absolute atomic E-state index is 0.0922. The fraction of sp³-hybridized carbons (Fsp3) is 0.348. The van der Waals surface area contributed by atoms with Crippen LogP contribution in [0.1, 0.15) is 25.0 Å². The van der Waals surface area contributed by atoms with Gasteiger partial charge in [0.15, 0.2) is 10.6 Å². The van der Waals surface area contributed by atoms with Crippen molar-refractivity contribution in [3.63, 3.8) is 0 Å². The minimum Gasteiger partial charge on any atom is -0.497 e. The second kappa shape index (κ2) is 10.9. The van der Waals surface area contributed by atoms with Crippen LogP contribution in [0.25, 0.3) is 11.4 Å². The molecule has 2 N–H and O–H groups in total. The molecule has 0 aliphatic heterocycles. The van der Waals surface area contributed by atoms with Gasteiger partial charge < -0.3 is 10.1 Å². The molecule has 3 rings (SSSR count). The van der Waals surface area contributed by atoms with Gasteiger partial charge in [-0.2, -0.15) is 5.10 Å². The summed E-state index contributed by atoms with van der Waals surface area (Å²) < 4.78 is 7.31. The van der Waals surface area contributed by atoms with Crippen LogP contribution in [0.4, 0.5) is 0 Å². The van der Waals surface area contributed by atoms with Crippen LogP contribution in [0.15, 0.2) is 48.5 Å². The van der Waals surface area contributed by atoms with Crippen LogP contribution in [-0.2, 0) is 24.4 Å². The number of H-pyrrole nitrogens is 1.